The zero-order valence-corrected chi connectivity index (χ0v) is 17.7. The molecule has 0 aromatic carbocycles. The van der Waals surface area contributed by atoms with Crippen LogP contribution in [0.2, 0.25) is 0 Å². The van der Waals surface area contributed by atoms with Gasteiger partial charge in [-0.15, -0.1) is 11.3 Å². The Balaban J connectivity index is 1.58. The lowest BCUT2D eigenvalue weighted by Crippen LogP contribution is -2.38. The molecule has 4 rings (SSSR count). The van der Waals surface area contributed by atoms with E-state index in [0.29, 0.717) is 17.2 Å². The van der Waals surface area contributed by atoms with Gasteiger partial charge in [0.25, 0.3) is 0 Å². The highest BCUT2D eigenvalue weighted by Gasteiger charge is 2.54. The number of anilines is 1. The summed E-state index contributed by atoms with van der Waals surface area (Å²) >= 11 is 1.47. The topological polar surface area (TPSA) is 92.7 Å². The number of amides is 1. The number of ether oxygens (including phenoxy) is 1. The molecule has 0 radical (unpaired) electrons. The lowest BCUT2D eigenvalue weighted by molar-refractivity contribution is -0.148. The number of aryl methyl sites for hydroxylation is 1. The molecule has 4 atom stereocenters. The minimum absolute atomic E-state index is 0.100. The number of carboxylic acids is 1. The summed E-state index contributed by atoms with van der Waals surface area (Å²) in [5, 5.41) is 13.2. The number of rotatable bonds is 7. The first-order valence-corrected chi connectivity index (χ1v) is 11.7. The molecule has 2 N–H and O–H groups in total. The Labute approximate surface area is 175 Å². The maximum absolute atomic E-state index is 13.1. The second kappa shape index (κ2) is 8.46. The maximum atomic E-state index is 13.1. The Kier molecular flexibility index (Phi) is 5.95. The van der Waals surface area contributed by atoms with E-state index in [9.17, 15) is 19.5 Å². The molecule has 0 saturated heterocycles. The standard InChI is InChI=1S/C22H29NO5S/c1-2-3-10-28-22(27)18-14-6-4-5-7-15(14)29-20(18)23-19(24)16-12-8-9-13(11-12)17(16)21(25)26/h12-13,16-17H,2-11H2,1H3,(H,23,24)(H,25,26)/t12-,13-,16-,17-/m0/s1. The summed E-state index contributed by atoms with van der Waals surface area (Å²) in [6.45, 7) is 2.42. The van der Waals surface area contributed by atoms with Crippen LogP contribution in [0.15, 0.2) is 0 Å². The molecule has 1 aromatic heterocycles. The molecule has 3 aliphatic rings. The molecule has 6 nitrogen and oxygen atoms in total. The summed E-state index contributed by atoms with van der Waals surface area (Å²) in [5.41, 5.74) is 1.52. The number of carbonyl (C=O) groups excluding carboxylic acids is 2. The summed E-state index contributed by atoms with van der Waals surface area (Å²) < 4.78 is 5.47. The number of hydrogen-bond donors (Lipinski definition) is 2. The minimum atomic E-state index is -0.873. The molecule has 0 spiro atoms. The van der Waals surface area contributed by atoms with Crippen molar-refractivity contribution in [2.45, 2.75) is 64.7 Å². The number of hydrogen-bond acceptors (Lipinski definition) is 5. The van der Waals surface area contributed by atoms with Gasteiger partial charge in [0, 0.05) is 4.88 Å². The number of carbonyl (C=O) groups is 3. The zero-order chi connectivity index (χ0) is 20.5. The molecule has 2 fully saturated rings. The number of thiophene rings is 1. The number of unbranched alkanes of at least 4 members (excludes halogenated alkanes) is 1. The molecule has 7 heteroatoms. The molecular weight excluding hydrogens is 390 g/mol. The molecule has 0 unspecified atom stereocenters. The molecule has 3 aliphatic carbocycles. The minimum Gasteiger partial charge on any atom is -0.481 e. The van der Waals surface area contributed by atoms with Crippen LogP contribution in [0, 0.1) is 23.7 Å². The largest absolute Gasteiger partial charge is 0.481 e. The predicted octanol–water partition coefficient (Wildman–Crippen LogP) is 4.27. The van der Waals surface area contributed by atoms with Crippen LogP contribution >= 0.6 is 11.3 Å². The van der Waals surface area contributed by atoms with Gasteiger partial charge in [-0.2, -0.15) is 0 Å². The Morgan fingerprint density at radius 2 is 1.86 bits per heavy atom. The van der Waals surface area contributed by atoms with Crippen LogP contribution < -0.4 is 5.32 Å². The van der Waals surface area contributed by atoms with E-state index in [4.69, 9.17) is 4.74 Å². The van der Waals surface area contributed by atoms with Gasteiger partial charge in [-0.1, -0.05) is 13.3 Å². The van der Waals surface area contributed by atoms with Crippen LogP contribution in [-0.4, -0.2) is 29.6 Å². The monoisotopic (exact) mass is 419 g/mol. The van der Waals surface area contributed by atoms with Gasteiger partial charge in [0.2, 0.25) is 5.91 Å². The summed E-state index contributed by atoms with van der Waals surface area (Å²) in [6.07, 6.45) is 8.24. The lowest BCUT2D eigenvalue weighted by Gasteiger charge is -2.27. The van der Waals surface area contributed by atoms with Gasteiger partial charge in [0.1, 0.15) is 5.00 Å². The van der Waals surface area contributed by atoms with Crippen LogP contribution in [0.25, 0.3) is 0 Å². The van der Waals surface area contributed by atoms with Crippen molar-refractivity contribution in [3.63, 3.8) is 0 Å². The zero-order valence-electron chi connectivity index (χ0n) is 16.9. The highest BCUT2D eigenvalue weighted by Crippen LogP contribution is 2.53. The fourth-order valence-corrected chi connectivity index (χ4v) is 6.75. The number of nitrogens with one attached hydrogen (secondary N) is 1. The summed E-state index contributed by atoms with van der Waals surface area (Å²) in [6, 6.07) is 0. The van der Waals surface area contributed by atoms with Gasteiger partial charge in [0.05, 0.1) is 24.0 Å². The van der Waals surface area contributed by atoms with Crippen LogP contribution in [0.5, 0.6) is 0 Å². The fourth-order valence-electron chi connectivity index (χ4n) is 5.47. The molecule has 2 bridgehead atoms. The first-order chi connectivity index (χ1) is 14.0. The second-order valence-corrected chi connectivity index (χ2v) is 9.72. The van der Waals surface area contributed by atoms with Gasteiger partial charge < -0.3 is 15.2 Å². The van der Waals surface area contributed by atoms with E-state index in [1.54, 1.807) is 0 Å². The van der Waals surface area contributed by atoms with Crippen molar-refractivity contribution in [2.75, 3.05) is 11.9 Å². The van der Waals surface area contributed by atoms with Gasteiger partial charge in [0.15, 0.2) is 0 Å². The van der Waals surface area contributed by atoms with E-state index in [1.165, 1.54) is 11.3 Å². The molecule has 1 amide bonds. The smallest absolute Gasteiger partial charge is 0.341 e. The van der Waals surface area contributed by atoms with Crippen molar-refractivity contribution >= 4 is 34.2 Å². The Hall–Kier alpha value is -1.89. The predicted molar refractivity (Wildman–Crippen MR) is 110 cm³/mol. The number of carboxylic acid groups (broad SMARTS) is 1. The molecular formula is C22H29NO5S. The third-order valence-electron chi connectivity index (χ3n) is 6.85. The Morgan fingerprint density at radius 3 is 2.59 bits per heavy atom. The molecule has 29 heavy (non-hydrogen) atoms. The third kappa shape index (κ3) is 3.81. The van der Waals surface area contributed by atoms with Crippen molar-refractivity contribution in [1.82, 2.24) is 0 Å². The molecule has 1 heterocycles. The van der Waals surface area contributed by atoms with Crippen molar-refractivity contribution in [3.05, 3.63) is 16.0 Å². The fraction of sp³-hybridized carbons (Fsp3) is 0.682. The van der Waals surface area contributed by atoms with Gasteiger partial charge in [-0.05, 0) is 68.8 Å². The average Bonchev–Trinajstić information content (AvgIpc) is 3.40. The van der Waals surface area contributed by atoms with Gasteiger partial charge in [-0.3, -0.25) is 9.59 Å². The number of aliphatic carboxylic acids is 1. The van der Waals surface area contributed by atoms with Crippen LogP contribution in [0.4, 0.5) is 5.00 Å². The Bertz CT molecular complexity index is 816. The molecule has 158 valence electrons. The number of esters is 1. The molecule has 2 saturated carbocycles. The molecule has 0 aliphatic heterocycles. The summed E-state index contributed by atoms with van der Waals surface area (Å²) in [4.78, 5) is 38.9. The van der Waals surface area contributed by atoms with E-state index < -0.39 is 17.8 Å². The normalized spacial score (nSPS) is 27.5. The SMILES string of the molecule is CCCCOC(=O)c1c(NC(=O)[C@H]2[C@H]3CC[C@@H](C3)[C@@H]2C(=O)O)sc2c1CCCC2. The van der Waals surface area contributed by atoms with Gasteiger partial charge >= 0.3 is 11.9 Å². The van der Waals surface area contributed by atoms with E-state index in [0.717, 1.165) is 68.2 Å². The van der Waals surface area contributed by atoms with Crippen molar-refractivity contribution < 1.29 is 24.2 Å². The highest BCUT2D eigenvalue weighted by atomic mass is 32.1. The van der Waals surface area contributed by atoms with Crippen LogP contribution in [-0.2, 0) is 27.2 Å². The van der Waals surface area contributed by atoms with E-state index in [1.807, 2.05) is 6.92 Å². The maximum Gasteiger partial charge on any atom is 0.341 e. The third-order valence-corrected chi connectivity index (χ3v) is 8.05. The van der Waals surface area contributed by atoms with Crippen LogP contribution in [0.1, 0.15) is 72.7 Å². The van der Waals surface area contributed by atoms with Crippen LogP contribution in [0.3, 0.4) is 0 Å². The quantitative estimate of drug-likeness (QED) is 0.509. The average molecular weight is 420 g/mol. The van der Waals surface area contributed by atoms with E-state index >= 15 is 0 Å². The highest BCUT2D eigenvalue weighted by molar-refractivity contribution is 7.17. The summed E-state index contributed by atoms with van der Waals surface area (Å²) in [7, 11) is 0. The van der Waals surface area contributed by atoms with E-state index in [-0.39, 0.29) is 23.7 Å². The summed E-state index contributed by atoms with van der Waals surface area (Å²) in [5.74, 6) is -2.36. The Morgan fingerprint density at radius 1 is 1.14 bits per heavy atom. The number of fused-ring (bicyclic) bond motifs is 3. The lowest BCUT2D eigenvalue weighted by atomic mass is 9.78. The van der Waals surface area contributed by atoms with E-state index in [2.05, 4.69) is 5.32 Å². The van der Waals surface area contributed by atoms with Gasteiger partial charge in [-0.25, -0.2) is 4.79 Å². The second-order valence-electron chi connectivity index (χ2n) is 8.62. The first-order valence-electron chi connectivity index (χ1n) is 10.9. The van der Waals surface area contributed by atoms with Crippen molar-refractivity contribution in [1.29, 1.82) is 0 Å². The first kappa shape index (κ1) is 20.4. The van der Waals surface area contributed by atoms with Crippen molar-refractivity contribution in [3.8, 4) is 0 Å². The van der Waals surface area contributed by atoms with Crippen molar-refractivity contribution in [2.24, 2.45) is 23.7 Å². The molecule has 1 aromatic rings.